The number of pyridine rings is 3. The molecule has 102 heavy (non-hydrogen) atoms. The topological polar surface area (TPSA) is 169 Å². The summed E-state index contributed by atoms with van der Waals surface area (Å²) in [6, 6.07) is 54.3. The van der Waals surface area contributed by atoms with Crippen LogP contribution in [0.15, 0.2) is 163 Å². The van der Waals surface area contributed by atoms with E-state index in [4.69, 9.17) is 29.5 Å². The third-order valence-corrected chi connectivity index (χ3v) is 16.2. The molecule has 0 unspecified atom stereocenters. The molecule has 0 fully saturated rings. The minimum absolute atomic E-state index is 0. The predicted molar refractivity (Wildman–Crippen MR) is 406 cm³/mol. The third kappa shape index (κ3) is 26.8. The number of aliphatic hydroxyl groups excluding tert-OH is 3. The van der Waals surface area contributed by atoms with Crippen LogP contribution < -0.4 is 9.47 Å². The molecule has 3 aliphatic rings. The van der Waals surface area contributed by atoms with Gasteiger partial charge >= 0.3 is 0 Å². The molecule has 0 amide bonds. The number of aromatic nitrogens is 3. The van der Waals surface area contributed by atoms with Gasteiger partial charge in [0.15, 0.2) is 17.3 Å². The molecule has 9 aromatic rings. The Balaban J connectivity index is 0.000000267. The minimum atomic E-state index is -0.125. The van der Waals surface area contributed by atoms with Gasteiger partial charge in [-0.05, 0) is 134 Å². The van der Waals surface area contributed by atoms with Gasteiger partial charge in [0.1, 0.15) is 11.5 Å². The monoisotopic (exact) mass is 1910 g/mol. The Morgan fingerprint density at radius 3 is 1.08 bits per heavy atom. The molecule has 549 valence electrons. The van der Waals surface area contributed by atoms with E-state index in [2.05, 4.69) is 157 Å². The SMILES string of the molecule is CC(=O)C=C(C)O.CC(C)CC(=O)C=C(O)CC(C)C.CC(C)CC(=O)C=C(O)CC(C)C.CC(C)Cc1cccc2nc3c(cc12)CCc1ccc[c-]c1-3.CC(C)Cc1cccc2nc3c(cc12)OCc1ccc[c-]c1-3.CC(C)Cc1cccc2nc3c(cc12)OCc1ccc[c-]c1-3.[Ir].[Ir].[Ir]. The maximum absolute atomic E-state index is 11.2. The van der Waals surface area contributed by atoms with Crippen molar-refractivity contribution < 1.29 is 99.5 Å². The fourth-order valence-electron chi connectivity index (χ4n) is 12.3. The van der Waals surface area contributed by atoms with Gasteiger partial charge in [0.05, 0.1) is 47.0 Å². The van der Waals surface area contributed by atoms with Crippen molar-refractivity contribution in [2.24, 2.45) is 41.4 Å². The second-order valence-corrected chi connectivity index (χ2v) is 29.2. The second kappa shape index (κ2) is 42.5. The second-order valence-electron chi connectivity index (χ2n) is 29.2. The van der Waals surface area contributed by atoms with Crippen LogP contribution in [0.5, 0.6) is 11.5 Å². The number of hydrogen-bond acceptors (Lipinski definition) is 11. The number of nitrogens with zero attached hydrogens (tertiary/aromatic N) is 3. The molecular weight excluding hydrogens is 1800 g/mol. The summed E-state index contributed by atoms with van der Waals surface area (Å²) in [6.45, 7) is 33.6. The molecule has 0 saturated carbocycles. The van der Waals surface area contributed by atoms with E-state index >= 15 is 0 Å². The smallest absolute Gasteiger partial charge is 0.159 e. The van der Waals surface area contributed by atoms with Crippen LogP contribution in [0.4, 0.5) is 0 Å². The molecule has 11 nitrogen and oxygen atoms in total. The first-order valence-electron chi connectivity index (χ1n) is 35.4. The number of carbonyl (C=O) groups is 3. The summed E-state index contributed by atoms with van der Waals surface area (Å²) in [4.78, 5) is 47.2. The Morgan fingerprint density at radius 1 is 0.412 bits per heavy atom. The number of aliphatic hydroxyl groups is 3. The van der Waals surface area contributed by atoms with Crippen LogP contribution >= 0.6 is 0 Å². The molecule has 1 aliphatic carbocycles. The average Bonchev–Trinajstić information content (AvgIpc) is 0.780. The third-order valence-electron chi connectivity index (χ3n) is 16.2. The molecule has 2 aliphatic heterocycles. The zero-order valence-electron chi connectivity index (χ0n) is 62.4. The zero-order valence-corrected chi connectivity index (χ0v) is 69.6. The van der Waals surface area contributed by atoms with Gasteiger partial charge in [0, 0.05) is 132 Å². The summed E-state index contributed by atoms with van der Waals surface area (Å²) in [5, 5.41) is 30.8. The van der Waals surface area contributed by atoms with E-state index in [-0.39, 0.29) is 94.9 Å². The van der Waals surface area contributed by atoms with Crippen LogP contribution in [0, 0.1) is 59.6 Å². The molecule has 0 bridgehead atoms. The Labute approximate surface area is 648 Å². The molecule has 5 heterocycles. The van der Waals surface area contributed by atoms with Crippen molar-refractivity contribution in [2.75, 3.05) is 0 Å². The van der Waals surface area contributed by atoms with Crippen molar-refractivity contribution in [3.05, 3.63) is 220 Å². The number of ether oxygens (including phenoxy) is 2. The zero-order chi connectivity index (χ0) is 72.0. The van der Waals surface area contributed by atoms with Gasteiger partial charge in [-0.3, -0.25) is 29.3 Å². The van der Waals surface area contributed by atoms with Gasteiger partial charge in [-0.15, -0.1) is 95.1 Å². The molecular formula is C88H104Ir3N3O8-3. The summed E-state index contributed by atoms with van der Waals surface area (Å²) in [7, 11) is 0. The quantitative estimate of drug-likeness (QED) is 0.0451. The molecule has 3 N–H and O–H groups in total. The number of hydrogen-bond donors (Lipinski definition) is 3. The Morgan fingerprint density at radius 2 is 0.745 bits per heavy atom. The Kier molecular flexibility index (Phi) is 36.3. The fraction of sp³-hybridized carbons (Fsp3) is 0.386. The van der Waals surface area contributed by atoms with Crippen molar-refractivity contribution in [3.8, 4) is 45.3 Å². The van der Waals surface area contributed by atoms with Gasteiger partial charge in [-0.1, -0.05) is 163 Å². The van der Waals surface area contributed by atoms with E-state index in [0.29, 0.717) is 80.3 Å². The Bertz CT molecular complexity index is 3940. The summed E-state index contributed by atoms with van der Waals surface area (Å²) >= 11 is 0. The molecule has 0 saturated heterocycles. The van der Waals surface area contributed by atoms with E-state index in [1.807, 2.05) is 85.7 Å². The maximum Gasteiger partial charge on any atom is 0.159 e. The van der Waals surface area contributed by atoms with Gasteiger partial charge in [-0.25, -0.2) is 0 Å². The molecule has 0 spiro atoms. The van der Waals surface area contributed by atoms with Crippen LogP contribution in [-0.4, -0.2) is 47.6 Å². The van der Waals surface area contributed by atoms with E-state index < -0.39 is 0 Å². The molecule has 0 atom stereocenters. The van der Waals surface area contributed by atoms with Crippen LogP contribution in [0.2, 0.25) is 0 Å². The van der Waals surface area contributed by atoms with E-state index in [9.17, 15) is 24.6 Å². The van der Waals surface area contributed by atoms with Crippen molar-refractivity contribution in [1.82, 2.24) is 15.0 Å². The number of carbonyl (C=O) groups excluding carboxylic acids is 3. The first-order valence-corrected chi connectivity index (χ1v) is 35.4. The average molecular weight is 1910 g/mol. The number of benzene rings is 6. The van der Waals surface area contributed by atoms with Crippen molar-refractivity contribution >= 4 is 50.1 Å². The molecule has 3 aromatic heterocycles. The van der Waals surface area contributed by atoms with Crippen LogP contribution in [0.3, 0.4) is 0 Å². The predicted octanol–water partition coefficient (Wildman–Crippen LogP) is 21.8. The standard InChI is InChI=1S/C21H20N.2C20H18NO.2C11H20O2.C5H8O2.3Ir/c1-14(2)12-16-7-5-9-20-19(16)13-17-11-10-15-6-3-4-8-18(15)21(17)22-20;2*1-13(2)10-14-7-5-9-18-17(14)11-19-20(21-18)16-8-4-3-6-15(16)12-22-19;2*1-8(2)5-10(12)7-11(13)6-9(3)4;1-4(6)3-5(2)7;;;/h3-7,9,13-14H,10-12H2,1-2H3;2*3-7,9,11,13H,10,12H2,1-2H3;2*7-9,12H,5-6H2,1-4H3;3,6H,1-2H3;;;/q3*-1;;;;;;. The number of allylic oxidation sites excluding steroid dienone is 6. The minimum Gasteiger partial charge on any atom is -0.512 e. The number of fused-ring (bicyclic) bond motifs is 12. The first kappa shape index (κ1) is 87.1. The molecule has 12 rings (SSSR count). The Hall–Kier alpha value is -7.27. The molecule has 6 aromatic carbocycles. The normalized spacial score (nSPS) is 12.4. The van der Waals surface area contributed by atoms with Gasteiger partial charge in [0.2, 0.25) is 0 Å². The van der Waals surface area contributed by atoms with Gasteiger partial charge < -0.3 is 24.8 Å². The summed E-state index contributed by atoms with van der Waals surface area (Å²) < 4.78 is 11.9. The summed E-state index contributed by atoms with van der Waals surface area (Å²) in [5.74, 6) is 5.55. The first-order chi connectivity index (χ1) is 47.1. The van der Waals surface area contributed by atoms with Gasteiger partial charge in [0.25, 0.3) is 0 Å². The summed E-state index contributed by atoms with van der Waals surface area (Å²) in [6.07, 6.45) is 11.5. The number of ketones is 3. The number of aryl methyl sites for hydroxylation is 2. The van der Waals surface area contributed by atoms with Crippen LogP contribution in [0.1, 0.15) is 175 Å². The largest absolute Gasteiger partial charge is 0.512 e. The van der Waals surface area contributed by atoms with E-state index in [0.717, 1.165) is 99.5 Å². The fourth-order valence-corrected chi connectivity index (χ4v) is 12.3. The van der Waals surface area contributed by atoms with Crippen molar-refractivity contribution in [2.45, 2.75) is 182 Å². The van der Waals surface area contributed by atoms with Crippen molar-refractivity contribution in [3.63, 3.8) is 0 Å². The van der Waals surface area contributed by atoms with Crippen molar-refractivity contribution in [1.29, 1.82) is 0 Å². The van der Waals surface area contributed by atoms with Crippen LogP contribution in [-0.2, 0) is 120 Å². The van der Waals surface area contributed by atoms with E-state index in [1.165, 1.54) is 81.6 Å². The van der Waals surface area contributed by atoms with Crippen LogP contribution in [0.25, 0.3) is 66.5 Å². The van der Waals surface area contributed by atoms with Gasteiger partial charge in [-0.2, -0.15) is 0 Å². The summed E-state index contributed by atoms with van der Waals surface area (Å²) in [5.41, 5.74) is 18.6. The van der Waals surface area contributed by atoms with E-state index in [1.54, 1.807) is 0 Å². The maximum atomic E-state index is 11.2. The molecule has 14 heteroatoms. The molecule has 3 radical (unpaired) electrons. The number of rotatable bonds is 17.